The lowest BCUT2D eigenvalue weighted by molar-refractivity contribution is -0.0232. The highest BCUT2D eigenvalue weighted by atomic mass is 19.3. The molecule has 2 atom stereocenters. The topological polar surface area (TPSA) is 61.8 Å². The molecule has 3 aliphatic rings. The van der Waals surface area contributed by atoms with E-state index in [1.807, 2.05) is 4.90 Å². The van der Waals surface area contributed by atoms with Crippen LogP contribution in [0, 0.1) is 23.6 Å². The predicted molar refractivity (Wildman–Crippen MR) is 114 cm³/mol. The van der Waals surface area contributed by atoms with Crippen LogP contribution in [0.4, 0.5) is 13.2 Å². The highest BCUT2D eigenvalue weighted by molar-refractivity contribution is 5.94. The molecule has 2 aliphatic carbocycles. The number of nitrogens with one attached hydrogen (secondary N) is 1. The zero-order valence-corrected chi connectivity index (χ0v) is 18.6. The van der Waals surface area contributed by atoms with Gasteiger partial charge < -0.3 is 15.2 Å². The Morgan fingerprint density at radius 1 is 1.31 bits per heavy atom. The molecule has 0 bridgehead atoms. The molecule has 0 radical (unpaired) electrons. The molecule has 3 fully saturated rings. The van der Waals surface area contributed by atoms with Crippen LogP contribution in [0.1, 0.15) is 55.8 Å². The van der Waals surface area contributed by atoms with Gasteiger partial charge in [-0.25, -0.2) is 13.2 Å². The first-order chi connectivity index (χ1) is 15.1. The van der Waals surface area contributed by atoms with Crippen molar-refractivity contribution >= 4 is 5.91 Å². The van der Waals surface area contributed by atoms with Crippen molar-refractivity contribution in [3.63, 3.8) is 0 Å². The molecule has 2 N–H and O–H groups in total. The second-order valence-corrected chi connectivity index (χ2v) is 10.0. The van der Waals surface area contributed by atoms with E-state index < -0.39 is 23.2 Å². The van der Waals surface area contributed by atoms with Crippen LogP contribution in [0.2, 0.25) is 0 Å². The van der Waals surface area contributed by atoms with Gasteiger partial charge in [-0.15, -0.1) is 0 Å². The zero-order chi connectivity index (χ0) is 22.9. The normalized spacial score (nSPS) is 25.4. The summed E-state index contributed by atoms with van der Waals surface area (Å²) in [6.45, 7) is 2.93. The van der Waals surface area contributed by atoms with Crippen LogP contribution >= 0.6 is 0 Å². The summed E-state index contributed by atoms with van der Waals surface area (Å²) in [7, 11) is 0. The number of rotatable bonds is 10. The third kappa shape index (κ3) is 6.38. The third-order valence-electron chi connectivity index (χ3n) is 7.06. The lowest BCUT2D eigenvalue weighted by atomic mass is 9.90. The molecule has 1 heterocycles. The van der Waals surface area contributed by atoms with Crippen LogP contribution in [0.25, 0.3) is 0 Å². The monoisotopic (exact) mass is 454 g/mol. The second kappa shape index (κ2) is 9.21. The van der Waals surface area contributed by atoms with Crippen LogP contribution in [0.3, 0.4) is 0 Å². The number of aliphatic hydroxyl groups is 1. The van der Waals surface area contributed by atoms with Gasteiger partial charge in [0, 0.05) is 19.5 Å². The van der Waals surface area contributed by atoms with E-state index in [0.29, 0.717) is 43.0 Å². The minimum Gasteiger partial charge on any atom is -0.493 e. The zero-order valence-electron chi connectivity index (χ0n) is 18.6. The Labute approximate surface area is 187 Å². The fourth-order valence-corrected chi connectivity index (χ4v) is 4.87. The number of carbonyl (C=O) groups excluding carboxylic acids is 1. The molecule has 178 valence electrons. The number of piperidine rings is 1. The Hall–Kier alpha value is -1.80. The quantitative estimate of drug-likeness (QED) is 0.564. The van der Waals surface area contributed by atoms with Crippen molar-refractivity contribution in [1.29, 1.82) is 0 Å². The molecule has 1 aromatic carbocycles. The Balaban J connectivity index is 1.15. The van der Waals surface area contributed by atoms with Crippen molar-refractivity contribution < 1.29 is 27.8 Å². The van der Waals surface area contributed by atoms with Gasteiger partial charge in [0.2, 0.25) is 0 Å². The number of nitrogens with zero attached hydrogens (tertiary/aromatic N) is 1. The number of hydrogen-bond acceptors (Lipinski definition) is 4. The highest BCUT2D eigenvalue weighted by Crippen LogP contribution is 2.49. The summed E-state index contributed by atoms with van der Waals surface area (Å²) in [6, 6.07) is 4.22. The smallest absolute Gasteiger partial charge is 0.257 e. The minimum absolute atomic E-state index is 0.0592. The summed E-state index contributed by atoms with van der Waals surface area (Å²) in [5, 5.41) is 12.3. The van der Waals surface area contributed by atoms with E-state index in [1.54, 1.807) is 6.07 Å². The number of alkyl halides is 2. The van der Waals surface area contributed by atoms with Crippen LogP contribution in [-0.4, -0.2) is 60.2 Å². The summed E-state index contributed by atoms with van der Waals surface area (Å²) >= 11 is 0. The van der Waals surface area contributed by atoms with Crippen molar-refractivity contribution in [3.8, 4) is 5.75 Å². The van der Waals surface area contributed by atoms with Crippen molar-refractivity contribution in [1.82, 2.24) is 10.2 Å². The minimum atomic E-state index is -2.63. The number of ether oxygens (including phenoxy) is 1. The summed E-state index contributed by atoms with van der Waals surface area (Å²) in [6.07, 6.45) is 5.30. The molecule has 1 amide bonds. The van der Waals surface area contributed by atoms with E-state index in [-0.39, 0.29) is 18.7 Å². The van der Waals surface area contributed by atoms with Crippen molar-refractivity contribution in [3.05, 3.63) is 29.6 Å². The second-order valence-electron chi connectivity index (χ2n) is 10.0. The summed E-state index contributed by atoms with van der Waals surface area (Å²) in [5.41, 5.74) is -0.882. The summed E-state index contributed by atoms with van der Waals surface area (Å²) in [5.74, 6) is -1.58. The molecule has 5 nitrogen and oxygen atoms in total. The van der Waals surface area contributed by atoms with Crippen LogP contribution in [0.5, 0.6) is 5.75 Å². The molecule has 0 unspecified atom stereocenters. The van der Waals surface area contributed by atoms with Crippen molar-refractivity contribution in [2.24, 2.45) is 17.8 Å². The average molecular weight is 455 g/mol. The average Bonchev–Trinajstić information content (AvgIpc) is 3.64. The van der Waals surface area contributed by atoms with Crippen molar-refractivity contribution in [2.75, 3.05) is 32.8 Å². The molecular formula is C24H33F3N2O3. The number of hydrogen-bond donors (Lipinski definition) is 2. The van der Waals surface area contributed by atoms with Gasteiger partial charge in [0.05, 0.1) is 24.3 Å². The summed E-state index contributed by atoms with van der Waals surface area (Å²) < 4.78 is 46.4. The fraction of sp³-hybridized carbons (Fsp3) is 0.708. The first-order valence-corrected chi connectivity index (χ1v) is 11.6. The summed E-state index contributed by atoms with van der Waals surface area (Å²) in [4.78, 5) is 14.0. The molecule has 32 heavy (non-hydrogen) atoms. The lowest BCUT2D eigenvalue weighted by Crippen LogP contribution is -2.41. The first-order valence-electron chi connectivity index (χ1n) is 11.6. The molecular weight excluding hydrogens is 421 g/mol. The van der Waals surface area contributed by atoms with E-state index in [4.69, 9.17) is 4.74 Å². The maximum Gasteiger partial charge on any atom is 0.257 e. The van der Waals surface area contributed by atoms with Gasteiger partial charge in [-0.1, -0.05) is 0 Å². The standard InChI is InChI=1S/C24H33F3N2O3/c1-23(26,27)15-29-9-4-16(5-10-29)20-12-17(20)6-11-32-18-2-3-19(21(25)13-18)22(30)28-14-24(31)7-8-24/h2-3,13,16-17,20,31H,4-12,14-15H2,1H3,(H,28,30)/t17-,20-/m1/s1. The van der Waals surface area contributed by atoms with Gasteiger partial charge in [0.25, 0.3) is 11.8 Å². The maximum atomic E-state index is 14.3. The fourth-order valence-electron chi connectivity index (χ4n) is 4.87. The van der Waals surface area contributed by atoms with E-state index in [9.17, 15) is 23.1 Å². The number of amides is 1. The van der Waals surface area contributed by atoms with Crippen molar-refractivity contribution in [2.45, 2.75) is 57.0 Å². The van der Waals surface area contributed by atoms with E-state index in [2.05, 4.69) is 5.32 Å². The number of benzene rings is 1. The highest BCUT2D eigenvalue weighted by Gasteiger charge is 2.43. The molecule has 1 aliphatic heterocycles. The molecule has 1 aromatic rings. The largest absolute Gasteiger partial charge is 0.493 e. The molecule has 8 heteroatoms. The van der Waals surface area contributed by atoms with Gasteiger partial charge in [-0.2, -0.15) is 0 Å². The Morgan fingerprint density at radius 3 is 2.66 bits per heavy atom. The molecule has 4 rings (SSSR count). The first kappa shape index (κ1) is 23.4. The Kier molecular flexibility index (Phi) is 6.73. The van der Waals surface area contributed by atoms with E-state index in [0.717, 1.165) is 45.7 Å². The lowest BCUT2D eigenvalue weighted by Gasteiger charge is -2.33. The molecule has 2 saturated carbocycles. The van der Waals surface area contributed by atoms with Crippen LogP contribution in [0.15, 0.2) is 18.2 Å². The van der Waals surface area contributed by atoms with Gasteiger partial charge in [0.15, 0.2) is 0 Å². The number of likely N-dealkylation sites (tertiary alicyclic amines) is 1. The molecule has 0 spiro atoms. The molecule has 0 aromatic heterocycles. The predicted octanol–water partition coefficient (Wildman–Crippen LogP) is 3.85. The Morgan fingerprint density at radius 2 is 2.03 bits per heavy atom. The SMILES string of the molecule is CC(F)(F)CN1CCC([C@H]2C[C@H]2CCOc2ccc(C(=O)NCC3(O)CC3)c(F)c2)CC1. The van der Waals surface area contributed by atoms with Gasteiger partial charge in [-0.3, -0.25) is 9.69 Å². The number of carbonyl (C=O) groups is 1. The van der Waals surface area contributed by atoms with E-state index >= 15 is 0 Å². The van der Waals surface area contributed by atoms with Crippen LogP contribution < -0.4 is 10.1 Å². The van der Waals surface area contributed by atoms with Gasteiger partial charge in [0.1, 0.15) is 11.6 Å². The molecule has 1 saturated heterocycles. The van der Waals surface area contributed by atoms with E-state index in [1.165, 1.54) is 12.1 Å². The number of halogens is 3. The van der Waals surface area contributed by atoms with Gasteiger partial charge in [-0.05, 0) is 81.5 Å². The maximum absolute atomic E-state index is 14.3. The van der Waals surface area contributed by atoms with Crippen LogP contribution in [-0.2, 0) is 0 Å². The third-order valence-corrected chi connectivity index (χ3v) is 7.06. The van der Waals surface area contributed by atoms with Gasteiger partial charge >= 0.3 is 0 Å². The Bertz CT molecular complexity index is 817.